The lowest BCUT2D eigenvalue weighted by Crippen LogP contribution is -2.42. The molecule has 1 unspecified atom stereocenters. The van der Waals surface area contributed by atoms with E-state index in [0.717, 1.165) is 30.5 Å². The summed E-state index contributed by atoms with van der Waals surface area (Å²) >= 11 is 1.79. The first-order valence-corrected chi connectivity index (χ1v) is 7.94. The van der Waals surface area contributed by atoms with Crippen LogP contribution < -0.4 is 10.6 Å². The van der Waals surface area contributed by atoms with Crippen LogP contribution in [0.5, 0.6) is 0 Å². The van der Waals surface area contributed by atoms with Gasteiger partial charge in [-0.1, -0.05) is 39.5 Å². The van der Waals surface area contributed by atoms with Crippen LogP contribution in [0, 0.1) is 5.92 Å². The minimum atomic E-state index is 0.0425. The van der Waals surface area contributed by atoms with Crippen molar-refractivity contribution >= 4 is 17.7 Å². The largest absolute Gasteiger partial charge is 0.355 e. The second kappa shape index (κ2) is 8.81. The lowest BCUT2D eigenvalue weighted by molar-refractivity contribution is -0.122. The van der Waals surface area contributed by atoms with E-state index in [4.69, 9.17) is 0 Å². The smallest absolute Gasteiger partial charge is 0.238 e. The fraction of sp³-hybridized carbons (Fsp3) is 0.923. The van der Waals surface area contributed by atoms with Gasteiger partial charge in [0, 0.05) is 18.2 Å². The van der Waals surface area contributed by atoms with Crippen molar-refractivity contribution in [1.82, 2.24) is 10.6 Å². The summed E-state index contributed by atoms with van der Waals surface area (Å²) in [6, 6.07) is 0.0425. The summed E-state index contributed by atoms with van der Waals surface area (Å²) < 4.78 is 0. The SMILES string of the molecule is CC(C)CCCCCCNC(=O)C1CSCN1. The monoisotopic (exact) mass is 258 g/mol. The highest BCUT2D eigenvalue weighted by Crippen LogP contribution is 2.10. The molecule has 1 saturated heterocycles. The fourth-order valence-corrected chi connectivity index (χ4v) is 2.87. The Labute approximate surface area is 109 Å². The average molecular weight is 258 g/mol. The molecule has 1 fully saturated rings. The van der Waals surface area contributed by atoms with Crippen molar-refractivity contribution in [2.75, 3.05) is 18.2 Å². The number of carbonyl (C=O) groups excluding carboxylic acids is 1. The predicted molar refractivity (Wildman–Crippen MR) is 75.2 cm³/mol. The third-order valence-corrected chi connectivity index (χ3v) is 3.98. The highest BCUT2D eigenvalue weighted by atomic mass is 32.2. The average Bonchev–Trinajstić information content (AvgIpc) is 2.80. The Hall–Kier alpha value is -0.220. The Morgan fingerprint density at radius 3 is 2.76 bits per heavy atom. The summed E-state index contributed by atoms with van der Waals surface area (Å²) in [5, 5.41) is 6.19. The second-order valence-electron chi connectivity index (χ2n) is 5.16. The molecule has 0 aromatic heterocycles. The van der Waals surface area contributed by atoms with Gasteiger partial charge in [-0.25, -0.2) is 0 Å². The van der Waals surface area contributed by atoms with E-state index >= 15 is 0 Å². The number of thioether (sulfide) groups is 1. The summed E-state index contributed by atoms with van der Waals surface area (Å²) in [6.45, 7) is 5.38. The summed E-state index contributed by atoms with van der Waals surface area (Å²) in [5.41, 5.74) is 0. The molecule has 3 nitrogen and oxygen atoms in total. The van der Waals surface area contributed by atoms with Crippen molar-refractivity contribution in [2.45, 2.75) is 52.0 Å². The predicted octanol–water partition coefficient (Wildman–Crippen LogP) is 2.37. The van der Waals surface area contributed by atoms with Crippen LogP contribution >= 0.6 is 11.8 Å². The van der Waals surface area contributed by atoms with Crippen molar-refractivity contribution in [3.63, 3.8) is 0 Å². The Morgan fingerprint density at radius 1 is 1.35 bits per heavy atom. The van der Waals surface area contributed by atoms with Gasteiger partial charge in [0.15, 0.2) is 0 Å². The maximum absolute atomic E-state index is 11.6. The zero-order valence-electron chi connectivity index (χ0n) is 11.1. The molecule has 0 bridgehead atoms. The van der Waals surface area contributed by atoms with Crippen molar-refractivity contribution < 1.29 is 4.79 Å². The molecule has 0 aromatic rings. The Morgan fingerprint density at radius 2 is 2.12 bits per heavy atom. The number of carbonyl (C=O) groups is 1. The third kappa shape index (κ3) is 6.94. The lowest BCUT2D eigenvalue weighted by Gasteiger charge is -2.10. The molecule has 0 aliphatic carbocycles. The minimum absolute atomic E-state index is 0.0425. The van der Waals surface area contributed by atoms with E-state index in [1.807, 2.05) is 0 Å². The van der Waals surface area contributed by atoms with Crippen LogP contribution in [0.3, 0.4) is 0 Å². The molecule has 4 heteroatoms. The molecule has 0 saturated carbocycles. The molecule has 1 heterocycles. The number of hydrogen-bond donors (Lipinski definition) is 2. The van der Waals surface area contributed by atoms with Gasteiger partial charge >= 0.3 is 0 Å². The zero-order valence-corrected chi connectivity index (χ0v) is 11.9. The van der Waals surface area contributed by atoms with Crippen LogP contribution in [0.25, 0.3) is 0 Å². The van der Waals surface area contributed by atoms with Gasteiger partial charge in [0.05, 0.1) is 6.04 Å². The van der Waals surface area contributed by atoms with Gasteiger partial charge in [0.2, 0.25) is 5.91 Å². The van der Waals surface area contributed by atoms with E-state index < -0.39 is 0 Å². The first kappa shape index (κ1) is 14.8. The summed E-state index contributed by atoms with van der Waals surface area (Å²) in [4.78, 5) is 11.6. The van der Waals surface area contributed by atoms with E-state index in [1.165, 1.54) is 25.7 Å². The molecule has 2 N–H and O–H groups in total. The molecule has 1 rings (SSSR count). The fourth-order valence-electron chi connectivity index (χ4n) is 1.93. The van der Waals surface area contributed by atoms with Crippen LogP contribution in [0.1, 0.15) is 46.0 Å². The van der Waals surface area contributed by atoms with E-state index in [9.17, 15) is 4.79 Å². The Balaban J connectivity index is 1.88. The van der Waals surface area contributed by atoms with Crippen LogP contribution in [-0.4, -0.2) is 30.1 Å². The highest BCUT2D eigenvalue weighted by Gasteiger charge is 2.21. The lowest BCUT2D eigenvalue weighted by atomic mass is 10.0. The number of nitrogens with one attached hydrogen (secondary N) is 2. The molecule has 0 aromatic carbocycles. The number of rotatable bonds is 8. The molecule has 1 amide bonds. The van der Waals surface area contributed by atoms with Gasteiger partial charge in [-0.3, -0.25) is 10.1 Å². The van der Waals surface area contributed by atoms with Crippen LogP contribution in [0.4, 0.5) is 0 Å². The Bertz CT molecular complexity index is 215. The summed E-state index contributed by atoms with van der Waals surface area (Å²) in [5.74, 6) is 2.82. The highest BCUT2D eigenvalue weighted by molar-refractivity contribution is 7.99. The van der Waals surface area contributed by atoms with Gasteiger partial charge in [0.1, 0.15) is 0 Å². The van der Waals surface area contributed by atoms with E-state index in [-0.39, 0.29) is 11.9 Å². The molecular weight excluding hydrogens is 232 g/mol. The van der Waals surface area contributed by atoms with Gasteiger partial charge < -0.3 is 5.32 Å². The topological polar surface area (TPSA) is 41.1 Å². The van der Waals surface area contributed by atoms with Crippen LogP contribution in [0.2, 0.25) is 0 Å². The van der Waals surface area contributed by atoms with Crippen molar-refractivity contribution in [2.24, 2.45) is 5.92 Å². The molecule has 1 atom stereocenters. The number of unbranched alkanes of at least 4 members (excludes halogenated alkanes) is 3. The van der Waals surface area contributed by atoms with Crippen molar-refractivity contribution in [3.8, 4) is 0 Å². The van der Waals surface area contributed by atoms with E-state index in [0.29, 0.717) is 0 Å². The molecule has 1 aliphatic heterocycles. The molecular formula is C13H26N2OS. The van der Waals surface area contributed by atoms with Gasteiger partial charge in [-0.05, 0) is 12.3 Å². The Kier molecular flexibility index (Phi) is 7.69. The molecule has 0 spiro atoms. The normalized spacial score (nSPS) is 19.8. The second-order valence-corrected chi connectivity index (χ2v) is 6.19. The molecule has 17 heavy (non-hydrogen) atoms. The maximum atomic E-state index is 11.6. The first-order chi connectivity index (χ1) is 8.20. The summed E-state index contributed by atoms with van der Waals surface area (Å²) in [7, 11) is 0. The van der Waals surface area contributed by atoms with Gasteiger partial charge in [-0.2, -0.15) is 0 Å². The molecule has 100 valence electrons. The van der Waals surface area contributed by atoms with E-state index in [2.05, 4.69) is 24.5 Å². The first-order valence-electron chi connectivity index (χ1n) is 6.79. The van der Waals surface area contributed by atoms with Crippen molar-refractivity contribution in [1.29, 1.82) is 0 Å². The standard InChI is InChI=1S/C13H26N2OS/c1-11(2)7-5-3-4-6-8-14-13(16)12-9-17-10-15-12/h11-12,15H,3-10H2,1-2H3,(H,14,16). The molecule has 1 aliphatic rings. The number of amides is 1. The number of hydrogen-bond acceptors (Lipinski definition) is 3. The third-order valence-electron chi connectivity index (χ3n) is 3.04. The van der Waals surface area contributed by atoms with Crippen LogP contribution in [0.15, 0.2) is 0 Å². The zero-order chi connectivity index (χ0) is 12.5. The van der Waals surface area contributed by atoms with Crippen molar-refractivity contribution in [3.05, 3.63) is 0 Å². The molecule has 0 radical (unpaired) electrons. The van der Waals surface area contributed by atoms with E-state index in [1.54, 1.807) is 11.8 Å². The minimum Gasteiger partial charge on any atom is -0.355 e. The van der Waals surface area contributed by atoms with Gasteiger partial charge in [0.25, 0.3) is 0 Å². The van der Waals surface area contributed by atoms with Gasteiger partial charge in [-0.15, -0.1) is 11.8 Å². The quantitative estimate of drug-likeness (QED) is 0.657. The maximum Gasteiger partial charge on any atom is 0.238 e. The summed E-state index contributed by atoms with van der Waals surface area (Å²) in [6.07, 6.45) is 6.30. The van der Waals surface area contributed by atoms with Crippen LogP contribution in [-0.2, 0) is 4.79 Å².